The standard InChI is InChI=1S/C22H17N5OS/c1-3-20-26-19(14-29-20)27-21(28)25-13-15-7-8-18(24-12-15)16-5-4-6-17(11-16)22(23-2)9-10-22/h1,4-8,11-12,14H,9-10,13H2,(H2,25,27,28). The Hall–Kier alpha value is -3.68. The maximum absolute atomic E-state index is 12.0. The number of nitrogens with zero attached hydrogens (tertiary/aromatic N) is 3. The molecule has 6 nitrogen and oxygen atoms in total. The van der Waals surface area contributed by atoms with Gasteiger partial charge in [0.25, 0.3) is 5.54 Å². The Bertz CT molecular complexity index is 1130. The molecule has 0 bridgehead atoms. The summed E-state index contributed by atoms with van der Waals surface area (Å²) in [5.74, 6) is 2.86. The van der Waals surface area contributed by atoms with E-state index in [9.17, 15) is 4.79 Å². The van der Waals surface area contributed by atoms with Gasteiger partial charge in [0.2, 0.25) is 0 Å². The van der Waals surface area contributed by atoms with E-state index >= 15 is 0 Å². The lowest BCUT2D eigenvalue weighted by Crippen LogP contribution is -2.28. The van der Waals surface area contributed by atoms with Crippen LogP contribution < -0.4 is 10.6 Å². The minimum absolute atomic E-state index is 0.328. The average molecular weight is 399 g/mol. The van der Waals surface area contributed by atoms with Crippen molar-refractivity contribution in [1.29, 1.82) is 0 Å². The molecule has 2 aromatic heterocycles. The first kappa shape index (κ1) is 18.7. The summed E-state index contributed by atoms with van der Waals surface area (Å²) in [5, 5.41) is 7.63. The highest BCUT2D eigenvalue weighted by atomic mass is 32.1. The number of pyridine rings is 1. The third-order valence-electron chi connectivity index (χ3n) is 4.78. The van der Waals surface area contributed by atoms with E-state index in [1.54, 1.807) is 11.6 Å². The number of terminal acetylenes is 1. The summed E-state index contributed by atoms with van der Waals surface area (Å²) in [6.45, 7) is 7.77. The second-order valence-electron chi connectivity index (χ2n) is 6.77. The maximum atomic E-state index is 12.0. The van der Waals surface area contributed by atoms with Gasteiger partial charge in [-0.15, -0.1) is 17.8 Å². The summed E-state index contributed by atoms with van der Waals surface area (Å²) >= 11 is 1.30. The number of anilines is 1. The third kappa shape index (κ3) is 4.11. The fourth-order valence-electron chi connectivity index (χ4n) is 2.99. The molecule has 4 rings (SSSR count). The fraction of sp³-hybridized carbons (Fsp3) is 0.182. The van der Waals surface area contributed by atoms with Crippen LogP contribution in [-0.4, -0.2) is 16.0 Å². The van der Waals surface area contributed by atoms with Crippen molar-refractivity contribution in [2.75, 3.05) is 5.32 Å². The molecule has 0 radical (unpaired) electrons. The highest BCUT2D eigenvalue weighted by Crippen LogP contribution is 2.50. The number of amides is 2. The number of rotatable bonds is 5. The second kappa shape index (κ2) is 7.75. The summed E-state index contributed by atoms with van der Waals surface area (Å²) in [7, 11) is 0. The van der Waals surface area contributed by atoms with Gasteiger partial charge in [-0.05, 0) is 23.6 Å². The van der Waals surface area contributed by atoms with E-state index in [1.807, 2.05) is 30.3 Å². The van der Waals surface area contributed by atoms with Crippen molar-refractivity contribution in [3.8, 4) is 23.6 Å². The summed E-state index contributed by atoms with van der Waals surface area (Å²) in [6.07, 6.45) is 8.85. The van der Waals surface area contributed by atoms with E-state index in [-0.39, 0.29) is 11.6 Å². The lowest BCUT2D eigenvalue weighted by Gasteiger charge is -2.08. The van der Waals surface area contributed by atoms with Gasteiger partial charge in [-0.25, -0.2) is 16.4 Å². The molecule has 0 unspecified atom stereocenters. The van der Waals surface area contributed by atoms with Crippen LogP contribution in [0, 0.1) is 18.9 Å². The number of aromatic nitrogens is 2. The minimum Gasteiger partial charge on any atom is -0.334 e. The highest BCUT2D eigenvalue weighted by molar-refractivity contribution is 7.10. The number of carbonyl (C=O) groups is 1. The molecule has 142 valence electrons. The molecule has 2 N–H and O–H groups in total. The van der Waals surface area contributed by atoms with Gasteiger partial charge in [0.15, 0.2) is 5.01 Å². The van der Waals surface area contributed by atoms with Gasteiger partial charge < -0.3 is 10.2 Å². The molecule has 7 heteroatoms. The quantitative estimate of drug-likeness (QED) is 0.493. The topological polar surface area (TPSA) is 71.3 Å². The molecule has 2 heterocycles. The van der Waals surface area contributed by atoms with Crippen molar-refractivity contribution in [1.82, 2.24) is 15.3 Å². The number of thiazole rings is 1. The van der Waals surface area contributed by atoms with Gasteiger partial charge in [-0.1, -0.05) is 24.3 Å². The van der Waals surface area contributed by atoms with Crippen LogP contribution in [0.15, 0.2) is 48.0 Å². The Morgan fingerprint density at radius 3 is 2.86 bits per heavy atom. The number of carbonyl (C=O) groups excluding carboxylic acids is 1. The Kier molecular flexibility index (Phi) is 4.99. The van der Waals surface area contributed by atoms with Gasteiger partial charge in [-0.2, -0.15) is 0 Å². The van der Waals surface area contributed by atoms with E-state index in [0.717, 1.165) is 35.2 Å². The van der Waals surface area contributed by atoms with Gasteiger partial charge >= 0.3 is 6.03 Å². The number of urea groups is 1. The molecular formula is C22H17N5OS. The number of hydrogen-bond donors (Lipinski definition) is 2. The van der Waals surface area contributed by atoms with Crippen molar-refractivity contribution in [2.45, 2.75) is 24.9 Å². The molecule has 1 saturated carbocycles. The van der Waals surface area contributed by atoms with Crippen LogP contribution in [0.4, 0.5) is 10.6 Å². The molecule has 0 atom stereocenters. The molecule has 2 amide bonds. The lowest BCUT2D eigenvalue weighted by molar-refractivity contribution is 0.251. The Morgan fingerprint density at radius 1 is 1.34 bits per heavy atom. The Morgan fingerprint density at radius 2 is 2.21 bits per heavy atom. The molecule has 0 aliphatic heterocycles. The zero-order valence-corrected chi connectivity index (χ0v) is 16.3. The van der Waals surface area contributed by atoms with Crippen LogP contribution in [-0.2, 0) is 12.1 Å². The lowest BCUT2D eigenvalue weighted by atomic mass is 10.0. The van der Waals surface area contributed by atoms with Crippen LogP contribution in [0.2, 0.25) is 0 Å². The monoisotopic (exact) mass is 399 g/mol. The zero-order chi connectivity index (χ0) is 20.3. The molecule has 29 heavy (non-hydrogen) atoms. The predicted molar refractivity (Wildman–Crippen MR) is 113 cm³/mol. The van der Waals surface area contributed by atoms with Crippen molar-refractivity contribution in [2.24, 2.45) is 0 Å². The van der Waals surface area contributed by atoms with Crippen LogP contribution in [0.3, 0.4) is 0 Å². The molecule has 1 aliphatic rings. The third-order valence-corrected chi connectivity index (χ3v) is 5.55. The first-order valence-corrected chi connectivity index (χ1v) is 9.91. The van der Waals surface area contributed by atoms with Gasteiger partial charge in [0.1, 0.15) is 5.82 Å². The SMILES string of the molecule is [C-]#[N+]C1(c2cccc(-c3ccc(CNC(=O)Nc4csc(C#C)n4)cn3)c2)CC1. The molecule has 1 aromatic carbocycles. The summed E-state index contributed by atoms with van der Waals surface area (Å²) in [4.78, 5) is 24.4. The highest BCUT2D eigenvalue weighted by Gasteiger charge is 2.52. The van der Waals surface area contributed by atoms with Crippen molar-refractivity contribution >= 4 is 23.2 Å². The number of benzene rings is 1. The van der Waals surface area contributed by atoms with Crippen molar-refractivity contribution in [3.63, 3.8) is 0 Å². The first-order valence-electron chi connectivity index (χ1n) is 9.03. The number of nitrogens with one attached hydrogen (secondary N) is 2. The van der Waals surface area contributed by atoms with Crippen LogP contribution in [0.5, 0.6) is 0 Å². The average Bonchev–Trinajstić information content (AvgIpc) is 3.45. The molecule has 1 aliphatic carbocycles. The van der Waals surface area contributed by atoms with Gasteiger partial charge in [-0.3, -0.25) is 10.3 Å². The normalized spacial score (nSPS) is 13.7. The molecular weight excluding hydrogens is 382 g/mol. The fourth-order valence-corrected chi connectivity index (χ4v) is 3.55. The number of hydrogen-bond acceptors (Lipinski definition) is 4. The molecule has 0 spiro atoms. The first-order chi connectivity index (χ1) is 14.1. The maximum Gasteiger partial charge on any atom is 0.320 e. The largest absolute Gasteiger partial charge is 0.334 e. The minimum atomic E-state index is -0.357. The van der Waals surface area contributed by atoms with Gasteiger partial charge in [0, 0.05) is 42.1 Å². The predicted octanol–water partition coefficient (Wildman–Crippen LogP) is 4.42. The van der Waals surface area contributed by atoms with E-state index in [4.69, 9.17) is 13.0 Å². The van der Waals surface area contributed by atoms with Crippen LogP contribution >= 0.6 is 11.3 Å². The summed E-state index contributed by atoms with van der Waals surface area (Å²) in [6, 6.07) is 11.5. The Labute approximate surface area is 172 Å². The van der Waals surface area contributed by atoms with E-state index in [2.05, 4.69) is 37.4 Å². The second-order valence-corrected chi connectivity index (χ2v) is 7.62. The summed E-state index contributed by atoms with van der Waals surface area (Å²) in [5.41, 5.74) is 3.44. The van der Waals surface area contributed by atoms with Crippen LogP contribution in [0.1, 0.15) is 29.0 Å². The van der Waals surface area contributed by atoms with E-state index in [0.29, 0.717) is 17.4 Å². The molecule has 0 saturated heterocycles. The summed E-state index contributed by atoms with van der Waals surface area (Å²) < 4.78 is 0. The van der Waals surface area contributed by atoms with Crippen molar-refractivity contribution in [3.05, 3.63) is 75.5 Å². The molecule has 3 aromatic rings. The Balaban J connectivity index is 1.37. The van der Waals surface area contributed by atoms with E-state index < -0.39 is 0 Å². The van der Waals surface area contributed by atoms with Crippen molar-refractivity contribution < 1.29 is 4.79 Å². The zero-order valence-electron chi connectivity index (χ0n) is 15.5. The van der Waals surface area contributed by atoms with Gasteiger partial charge in [0.05, 0.1) is 5.69 Å². The smallest absolute Gasteiger partial charge is 0.320 e. The van der Waals surface area contributed by atoms with E-state index in [1.165, 1.54) is 11.3 Å². The van der Waals surface area contributed by atoms with Crippen LogP contribution in [0.25, 0.3) is 16.1 Å². The molecule has 1 fully saturated rings.